The molecule has 0 aliphatic rings. The summed E-state index contributed by atoms with van der Waals surface area (Å²) in [4.78, 5) is 0. The van der Waals surface area contributed by atoms with Crippen molar-refractivity contribution in [1.82, 2.24) is 0 Å². The van der Waals surface area contributed by atoms with Crippen molar-refractivity contribution in [3.8, 4) is 0 Å². The number of rotatable bonds is 24. The van der Waals surface area contributed by atoms with Crippen molar-refractivity contribution in [2.24, 2.45) is 0 Å². The Bertz CT molecular complexity index is 222. The van der Waals surface area contributed by atoms with Crippen molar-refractivity contribution in [1.29, 1.82) is 0 Å². The van der Waals surface area contributed by atoms with E-state index in [0.717, 1.165) is 0 Å². The highest BCUT2D eigenvalue weighted by atomic mass is 29.5. The van der Waals surface area contributed by atoms with E-state index in [-0.39, 0.29) is 0 Å². The van der Waals surface area contributed by atoms with Gasteiger partial charge in [-0.2, -0.15) is 0 Å². The molecule has 158 valence electrons. The van der Waals surface area contributed by atoms with Crippen LogP contribution in [0.25, 0.3) is 0 Å². The molecule has 6 radical (unpaired) electrons. The van der Waals surface area contributed by atoms with Crippen LogP contribution in [0.4, 0.5) is 0 Å². The predicted molar refractivity (Wildman–Crippen MR) is 131 cm³/mol. The van der Waals surface area contributed by atoms with Gasteiger partial charge in [0.1, 0.15) is 0 Å². The molecule has 0 aromatic carbocycles. The molecule has 0 atom stereocenters. The third kappa shape index (κ3) is 26.7. The molecular weight excluding hydrogens is 373 g/mol. The third-order valence-electron chi connectivity index (χ3n) is 5.49. The van der Waals surface area contributed by atoms with Gasteiger partial charge in [0.25, 0.3) is 0 Å². The summed E-state index contributed by atoms with van der Waals surface area (Å²) in [6.45, 7) is 4.61. The van der Waals surface area contributed by atoms with Gasteiger partial charge in [-0.15, -0.1) is 0 Å². The monoisotopic (exact) mass is 422 g/mol. The Kier molecular flexibility index (Phi) is 27.3. The van der Waals surface area contributed by atoms with Crippen LogP contribution in [-0.4, -0.2) is 26.6 Å². The fourth-order valence-electron chi connectivity index (χ4n) is 3.59. The average molecular weight is 423 g/mol. The lowest BCUT2D eigenvalue weighted by Gasteiger charge is -2.03. The van der Waals surface area contributed by atoms with Crippen LogP contribution in [0.1, 0.15) is 142 Å². The van der Waals surface area contributed by atoms with Gasteiger partial charge in [0.2, 0.25) is 0 Å². The Morgan fingerprint density at radius 2 is 0.593 bits per heavy atom. The van der Waals surface area contributed by atoms with Gasteiger partial charge in [0.15, 0.2) is 0 Å². The minimum atomic E-state index is 1.30. The number of hydrogen-bond donors (Lipinski definition) is 0. The molecular formula is C24H50Si3. The maximum atomic E-state index is 2.31. The summed E-state index contributed by atoms with van der Waals surface area (Å²) in [7, 11) is 3.90. The summed E-state index contributed by atoms with van der Waals surface area (Å²) in [5.41, 5.74) is 0. The van der Waals surface area contributed by atoms with Gasteiger partial charge >= 0.3 is 0 Å². The van der Waals surface area contributed by atoms with Gasteiger partial charge in [0, 0.05) is 26.6 Å². The number of unbranched alkanes of at least 4 members (excludes halogenated alkanes) is 18. The van der Waals surface area contributed by atoms with E-state index < -0.39 is 0 Å². The fourth-order valence-corrected chi connectivity index (χ4v) is 10.4. The normalized spacial score (nSPS) is 11.3. The first-order chi connectivity index (χ1) is 13.4. The molecule has 0 aliphatic carbocycles. The molecule has 0 fully saturated rings. The predicted octanol–water partition coefficient (Wildman–Crippen LogP) is 8.61. The molecule has 0 saturated heterocycles. The molecule has 0 heterocycles. The minimum absolute atomic E-state index is 1.30. The van der Waals surface area contributed by atoms with E-state index in [1.165, 1.54) is 155 Å². The molecule has 0 N–H and O–H groups in total. The van der Waals surface area contributed by atoms with E-state index in [2.05, 4.69) is 13.8 Å². The van der Waals surface area contributed by atoms with Crippen LogP contribution < -0.4 is 0 Å². The standard InChI is InChI=1S/C24H50Si3/c1-3-5-7-9-11-13-15-17-19-21-23-25-27-26-24-22-20-18-16-14-12-10-8-6-4-2/h3-24H2,1-2H3. The highest BCUT2D eigenvalue weighted by Crippen LogP contribution is 2.12. The molecule has 0 aromatic heterocycles. The van der Waals surface area contributed by atoms with E-state index in [4.69, 9.17) is 0 Å². The third-order valence-corrected chi connectivity index (χ3v) is 12.8. The highest BCUT2D eigenvalue weighted by molar-refractivity contribution is 7.29. The largest absolute Gasteiger partial charge is 0.0654 e. The molecule has 0 saturated carbocycles. The second-order valence-corrected chi connectivity index (χ2v) is 15.4. The van der Waals surface area contributed by atoms with Gasteiger partial charge < -0.3 is 0 Å². The molecule has 0 rings (SSSR count). The van der Waals surface area contributed by atoms with E-state index in [1.807, 2.05) is 0 Å². The second-order valence-electron chi connectivity index (χ2n) is 8.34. The molecule has 0 aromatic rings. The van der Waals surface area contributed by atoms with Gasteiger partial charge in [-0.05, 0) is 0 Å². The van der Waals surface area contributed by atoms with Crippen molar-refractivity contribution >= 4 is 26.6 Å². The van der Waals surface area contributed by atoms with Crippen LogP contribution in [0, 0.1) is 0 Å². The first-order valence-corrected chi connectivity index (χ1v) is 18.0. The van der Waals surface area contributed by atoms with Crippen LogP contribution in [0.2, 0.25) is 12.1 Å². The molecule has 0 spiro atoms. The van der Waals surface area contributed by atoms with Gasteiger partial charge in [0.05, 0.1) is 0 Å². The zero-order chi connectivity index (χ0) is 19.7. The summed E-state index contributed by atoms with van der Waals surface area (Å²) < 4.78 is 0. The van der Waals surface area contributed by atoms with Crippen LogP contribution in [0.15, 0.2) is 0 Å². The first kappa shape index (κ1) is 27.7. The average Bonchev–Trinajstić information content (AvgIpc) is 2.68. The van der Waals surface area contributed by atoms with Crippen molar-refractivity contribution in [3.63, 3.8) is 0 Å². The Morgan fingerprint density at radius 3 is 0.889 bits per heavy atom. The smallest absolute Gasteiger partial charge is 0.0183 e. The van der Waals surface area contributed by atoms with E-state index in [0.29, 0.717) is 0 Å². The van der Waals surface area contributed by atoms with Crippen LogP contribution in [0.3, 0.4) is 0 Å². The Morgan fingerprint density at radius 1 is 0.333 bits per heavy atom. The molecule has 0 aliphatic heterocycles. The lowest BCUT2D eigenvalue weighted by Crippen LogP contribution is -2.11. The zero-order valence-electron chi connectivity index (χ0n) is 19.1. The molecule has 0 bridgehead atoms. The Balaban J connectivity index is 2.95. The van der Waals surface area contributed by atoms with Gasteiger partial charge in [-0.25, -0.2) is 0 Å². The maximum absolute atomic E-state index is 2.31. The van der Waals surface area contributed by atoms with Gasteiger partial charge in [-0.3, -0.25) is 0 Å². The summed E-state index contributed by atoms with van der Waals surface area (Å²) >= 11 is 0. The van der Waals surface area contributed by atoms with Gasteiger partial charge in [-0.1, -0.05) is 154 Å². The minimum Gasteiger partial charge on any atom is -0.0654 e. The zero-order valence-corrected chi connectivity index (χ0v) is 22.1. The summed E-state index contributed by atoms with van der Waals surface area (Å²) in [6, 6.07) is 3.08. The molecule has 27 heavy (non-hydrogen) atoms. The summed E-state index contributed by atoms with van der Waals surface area (Å²) in [5, 5.41) is 0. The Hall–Kier alpha value is 0.651. The summed E-state index contributed by atoms with van der Waals surface area (Å²) in [6.07, 6.45) is 29.6. The lowest BCUT2D eigenvalue weighted by molar-refractivity contribution is 0.562. The quantitative estimate of drug-likeness (QED) is 0.108. The van der Waals surface area contributed by atoms with Crippen LogP contribution in [0.5, 0.6) is 0 Å². The Labute approximate surface area is 180 Å². The fraction of sp³-hybridized carbons (Fsp3) is 1.00. The maximum Gasteiger partial charge on any atom is 0.0183 e. The summed E-state index contributed by atoms with van der Waals surface area (Å²) in [5.74, 6) is 0. The van der Waals surface area contributed by atoms with E-state index in [9.17, 15) is 0 Å². The SMILES string of the molecule is CCCCCCCCCCCC[Si][Si][Si]CCCCCCCCCCCC. The van der Waals surface area contributed by atoms with Crippen molar-refractivity contribution in [2.45, 2.75) is 154 Å². The van der Waals surface area contributed by atoms with E-state index in [1.54, 1.807) is 12.1 Å². The van der Waals surface area contributed by atoms with Crippen molar-refractivity contribution < 1.29 is 0 Å². The highest BCUT2D eigenvalue weighted by Gasteiger charge is 1.97. The van der Waals surface area contributed by atoms with Crippen LogP contribution >= 0.6 is 0 Å². The molecule has 0 nitrogen and oxygen atoms in total. The topological polar surface area (TPSA) is 0 Å². The molecule has 0 amide bonds. The molecule has 0 unspecified atom stereocenters. The lowest BCUT2D eigenvalue weighted by atomic mass is 10.1. The molecule has 3 heteroatoms. The first-order valence-electron chi connectivity index (χ1n) is 12.6. The number of hydrogen-bond acceptors (Lipinski definition) is 0. The van der Waals surface area contributed by atoms with E-state index >= 15 is 0 Å². The van der Waals surface area contributed by atoms with Crippen molar-refractivity contribution in [2.75, 3.05) is 0 Å². The second kappa shape index (κ2) is 26.7. The van der Waals surface area contributed by atoms with Crippen molar-refractivity contribution in [3.05, 3.63) is 0 Å². The van der Waals surface area contributed by atoms with Crippen LogP contribution in [-0.2, 0) is 0 Å².